The number of methoxy groups -OCH3 is 1. The number of amides is 1. The lowest BCUT2D eigenvalue weighted by Crippen LogP contribution is -2.17. The van der Waals surface area contributed by atoms with Crippen LogP contribution in [0.3, 0.4) is 0 Å². The molecule has 0 radical (unpaired) electrons. The van der Waals surface area contributed by atoms with E-state index in [9.17, 15) is 18.0 Å². The molecule has 1 N–H and O–H groups in total. The summed E-state index contributed by atoms with van der Waals surface area (Å²) < 4.78 is 51.3. The van der Waals surface area contributed by atoms with Crippen LogP contribution in [0, 0.1) is 0 Å². The molecule has 0 saturated carbocycles. The number of rotatable bonds is 7. The summed E-state index contributed by atoms with van der Waals surface area (Å²) in [6, 6.07) is 19.0. The van der Waals surface area contributed by atoms with Gasteiger partial charge in [0.1, 0.15) is 12.4 Å². The Morgan fingerprint density at radius 2 is 1.53 bits per heavy atom. The zero-order valence-corrected chi connectivity index (χ0v) is 15.9. The fraction of sp³-hybridized carbons (Fsp3) is 0.136. The van der Waals surface area contributed by atoms with Crippen molar-refractivity contribution in [1.29, 1.82) is 0 Å². The van der Waals surface area contributed by atoms with E-state index in [0.29, 0.717) is 29.4 Å². The van der Waals surface area contributed by atoms with Gasteiger partial charge in [0.15, 0.2) is 11.5 Å². The summed E-state index contributed by atoms with van der Waals surface area (Å²) in [6.45, 7) is 0.295. The number of hydrogen-bond acceptors (Lipinski definition) is 4. The molecule has 3 rings (SSSR count). The molecule has 0 aromatic heterocycles. The predicted molar refractivity (Wildman–Crippen MR) is 105 cm³/mol. The molecule has 0 saturated heterocycles. The van der Waals surface area contributed by atoms with Gasteiger partial charge < -0.3 is 19.5 Å². The average molecular weight is 417 g/mol. The Kier molecular flexibility index (Phi) is 6.46. The summed E-state index contributed by atoms with van der Waals surface area (Å²) in [5.41, 5.74) is 1.59. The van der Waals surface area contributed by atoms with Crippen LogP contribution >= 0.6 is 0 Å². The first-order valence-electron chi connectivity index (χ1n) is 8.86. The molecule has 3 aromatic carbocycles. The lowest BCUT2D eigenvalue weighted by molar-refractivity contribution is -0.274. The molecule has 0 spiro atoms. The second-order valence-corrected chi connectivity index (χ2v) is 6.16. The number of ether oxygens (including phenoxy) is 3. The van der Waals surface area contributed by atoms with Crippen molar-refractivity contribution in [3.63, 3.8) is 0 Å². The van der Waals surface area contributed by atoms with Gasteiger partial charge in [0, 0.05) is 11.3 Å². The number of anilines is 1. The van der Waals surface area contributed by atoms with Crippen LogP contribution in [0.25, 0.3) is 0 Å². The number of para-hydroxylation sites is 2. The van der Waals surface area contributed by atoms with E-state index in [4.69, 9.17) is 9.47 Å². The van der Waals surface area contributed by atoms with Gasteiger partial charge in [-0.25, -0.2) is 0 Å². The van der Waals surface area contributed by atoms with E-state index in [1.165, 1.54) is 12.1 Å². The third-order valence-corrected chi connectivity index (χ3v) is 4.03. The number of carbonyl (C=O) groups is 1. The highest BCUT2D eigenvalue weighted by molar-refractivity contribution is 6.04. The molecule has 0 aliphatic heterocycles. The molecule has 5 nitrogen and oxygen atoms in total. The molecule has 156 valence electrons. The van der Waals surface area contributed by atoms with Crippen LogP contribution < -0.4 is 19.5 Å². The highest BCUT2D eigenvalue weighted by Crippen LogP contribution is 2.27. The van der Waals surface area contributed by atoms with E-state index in [0.717, 1.165) is 17.7 Å². The van der Waals surface area contributed by atoms with E-state index in [2.05, 4.69) is 10.1 Å². The second kappa shape index (κ2) is 9.21. The van der Waals surface area contributed by atoms with Crippen molar-refractivity contribution in [3.05, 3.63) is 83.9 Å². The van der Waals surface area contributed by atoms with Crippen LogP contribution in [0.1, 0.15) is 15.9 Å². The third-order valence-electron chi connectivity index (χ3n) is 4.03. The molecular formula is C22H18F3NO4. The van der Waals surface area contributed by atoms with Crippen LogP contribution in [0.15, 0.2) is 72.8 Å². The van der Waals surface area contributed by atoms with E-state index >= 15 is 0 Å². The Morgan fingerprint density at radius 3 is 2.13 bits per heavy atom. The molecule has 0 aliphatic carbocycles. The van der Waals surface area contributed by atoms with Gasteiger partial charge in [0.2, 0.25) is 0 Å². The van der Waals surface area contributed by atoms with Crippen LogP contribution in [0.4, 0.5) is 18.9 Å². The minimum absolute atomic E-state index is 0.295. The molecular weight excluding hydrogens is 399 g/mol. The summed E-state index contributed by atoms with van der Waals surface area (Å²) in [5.74, 6) is 0.483. The Bertz CT molecular complexity index is 987. The number of hydrogen-bond donors (Lipinski definition) is 1. The van der Waals surface area contributed by atoms with E-state index in [1.807, 2.05) is 12.1 Å². The lowest BCUT2D eigenvalue weighted by atomic mass is 10.1. The Morgan fingerprint density at radius 1 is 0.900 bits per heavy atom. The maximum atomic E-state index is 12.3. The van der Waals surface area contributed by atoms with E-state index in [-0.39, 0.29) is 5.75 Å². The van der Waals surface area contributed by atoms with Crippen LogP contribution in [0.2, 0.25) is 0 Å². The predicted octanol–water partition coefficient (Wildman–Crippen LogP) is 5.43. The molecule has 0 bridgehead atoms. The standard InChI is InChI=1S/C22H18F3NO4/c1-28-19-4-2-3-5-20(19)29-14-15-6-8-16(9-7-15)21(27)26-17-10-12-18(13-11-17)30-22(23,24)25/h2-13H,14H2,1H3,(H,26,27). The summed E-state index contributed by atoms with van der Waals surface area (Å²) in [7, 11) is 1.56. The highest BCUT2D eigenvalue weighted by Gasteiger charge is 2.30. The molecule has 0 fully saturated rings. The first kappa shape index (κ1) is 21.0. The fourth-order valence-corrected chi connectivity index (χ4v) is 2.59. The number of nitrogens with one attached hydrogen (secondary N) is 1. The van der Waals surface area contributed by atoms with Crippen molar-refractivity contribution in [2.45, 2.75) is 13.0 Å². The molecule has 0 aliphatic rings. The summed E-state index contributed by atoms with van der Waals surface area (Å²) >= 11 is 0. The summed E-state index contributed by atoms with van der Waals surface area (Å²) in [4.78, 5) is 12.3. The molecule has 0 unspecified atom stereocenters. The maximum Gasteiger partial charge on any atom is 0.573 e. The van der Waals surface area contributed by atoms with Crippen molar-refractivity contribution in [1.82, 2.24) is 0 Å². The van der Waals surface area contributed by atoms with E-state index < -0.39 is 12.3 Å². The van der Waals surface area contributed by atoms with Gasteiger partial charge in [-0.3, -0.25) is 4.79 Å². The van der Waals surface area contributed by atoms with E-state index in [1.54, 1.807) is 43.5 Å². The smallest absolute Gasteiger partial charge is 0.493 e. The van der Waals surface area contributed by atoms with Crippen LogP contribution in [-0.4, -0.2) is 19.4 Å². The van der Waals surface area contributed by atoms with Crippen molar-refractivity contribution < 1.29 is 32.2 Å². The summed E-state index contributed by atoms with van der Waals surface area (Å²) in [6.07, 6.45) is -4.76. The topological polar surface area (TPSA) is 56.8 Å². The van der Waals surface area contributed by atoms with Crippen molar-refractivity contribution in [2.24, 2.45) is 0 Å². The molecule has 3 aromatic rings. The van der Waals surface area contributed by atoms with Crippen molar-refractivity contribution >= 4 is 11.6 Å². The van der Waals surface area contributed by atoms with Crippen LogP contribution in [0.5, 0.6) is 17.2 Å². The van der Waals surface area contributed by atoms with Gasteiger partial charge in [-0.15, -0.1) is 13.2 Å². The quantitative estimate of drug-likeness (QED) is 0.557. The zero-order valence-electron chi connectivity index (χ0n) is 15.9. The second-order valence-electron chi connectivity index (χ2n) is 6.16. The number of benzene rings is 3. The monoisotopic (exact) mass is 417 g/mol. The zero-order chi connectivity index (χ0) is 21.6. The fourth-order valence-electron chi connectivity index (χ4n) is 2.59. The largest absolute Gasteiger partial charge is 0.573 e. The minimum Gasteiger partial charge on any atom is -0.493 e. The first-order chi connectivity index (χ1) is 14.3. The SMILES string of the molecule is COc1ccccc1OCc1ccc(C(=O)Nc2ccc(OC(F)(F)F)cc2)cc1. The Labute approximate surface area is 171 Å². The number of carbonyl (C=O) groups excluding carboxylic acids is 1. The van der Waals surface area contributed by atoms with Gasteiger partial charge in [-0.1, -0.05) is 24.3 Å². The summed E-state index contributed by atoms with van der Waals surface area (Å²) in [5, 5.41) is 2.62. The van der Waals surface area contributed by atoms with Gasteiger partial charge in [-0.05, 0) is 54.1 Å². The number of halogens is 3. The molecule has 8 heteroatoms. The Hall–Kier alpha value is -3.68. The first-order valence-corrected chi connectivity index (χ1v) is 8.86. The minimum atomic E-state index is -4.76. The highest BCUT2D eigenvalue weighted by atomic mass is 19.4. The maximum absolute atomic E-state index is 12.3. The average Bonchev–Trinajstić information content (AvgIpc) is 2.73. The lowest BCUT2D eigenvalue weighted by Gasteiger charge is -2.11. The Balaban J connectivity index is 1.57. The molecule has 30 heavy (non-hydrogen) atoms. The third kappa shape index (κ3) is 5.91. The molecule has 0 heterocycles. The van der Waals surface area contributed by atoms with Gasteiger partial charge in [0.05, 0.1) is 7.11 Å². The molecule has 1 amide bonds. The number of alkyl halides is 3. The van der Waals surface area contributed by atoms with Crippen LogP contribution in [-0.2, 0) is 6.61 Å². The normalized spacial score (nSPS) is 10.9. The van der Waals surface area contributed by atoms with Gasteiger partial charge in [0.25, 0.3) is 5.91 Å². The molecule has 0 atom stereocenters. The van der Waals surface area contributed by atoms with Crippen molar-refractivity contribution in [3.8, 4) is 17.2 Å². The van der Waals surface area contributed by atoms with Gasteiger partial charge in [-0.2, -0.15) is 0 Å². The van der Waals surface area contributed by atoms with Crippen molar-refractivity contribution in [2.75, 3.05) is 12.4 Å². The van der Waals surface area contributed by atoms with Gasteiger partial charge >= 0.3 is 6.36 Å².